The van der Waals surface area contributed by atoms with E-state index in [-0.39, 0.29) is 40.7 Å². The summed E-state index contributed by atoms with van der Waals surface area (Å²) in [5.41, 5.74) is 1.11. The van der Waals surface area contributed by atoms with Gasteiger partial charge in [-0.2, -0.15) is 0 Å². The molecule has 4 aliphatic carbocycles. The standard InChI is InChI=1S/C38H60O13/c1-17(26-6-5-7-28(49-26)51-35-33(45)31(43)29(41)18(2)47-35)21-8-9-22-20-15-25(40)24-14-19(10-12-38(24,4)23(20)11-13-37(21,22)3)48-36-34(46)32(44)30(42)27(16-39)50-36/h15,17-19,21-24,26-36,39,41-46H,5-14,16H2,1-4H3/t17-,18-,19?,21?,22?,23?,24?,26-,27+,28-,29-,30+,31+,32-,33+,34+,35?,36+,37?,38?/m0/s1. The zero-order chi connectivity index (χ0) is 36.6. The number of ether oxygens (including phenoxy) is 5. The van der Waals surface area contributed by atoms with Crippen LogP contribution in [0.15, 0.2) is 11.6 Å². The number of hydrogen-bond donors (Lipinski definition) is 7. The number of aliphatic hydroxyl groups excluding tert-OH is 7. The number of carbonyl (C=O) groups is 1. The minimum absolute atomic E-state index is 0.0180. The highest BCUT2D eigenvalue weighted by Crippen LogP contribution is 2.67. The van der Waals surface area contributed by atoms with Gasteiger partial charge < -0.3 is 59.4 Å². The fourth-order valence-electron chi connectivity index (χ4n) is 11.6. The summed E-state index contributed by atoms with van der Waals surface area (Å²) < 4.78 is 30.0. The third kappa shape index (κ3) is 6.58. The zero-order valence-corrected chi connectivity index (χ0v) is 30.3. The first-order valence-corrected chi connectivity index (χ1v) is 19.4. The predicted octanol–water partition coefficient (Wildman–Crippen LogP) is 1.30. The molecule has 0 bridgehead atoms. The molecule has 6 fully saturated rings. The summed E-state index contributed by atoms with van der Waals surface area (Å²) in [7, 11) is 0. The SMILES string of the molecule is C[C@@H]1OC(O[C@H]2CCC[C@@H]([C@@H](C)C3CCC4C5=CC(=O)C6CC(O[C@@H]7O[C@H](CO)[C@@H](O)[C@H](O)[C@H]7O)CCC6(C)C5CCC43C)O2)[C@H](O)[C@H](O)[C@H]1O. The molecule has 0 aromatic rings. The summed E-state index contributed by atoms with van der Waals surface area (Å²) in [4.78, 5) is 14.0. The molecule has 0 aromatic heterocycles. The van der Waals surface area contributed by atoms with E-state index in [1.807, 2.05) is 6.08 Å². The Labute approximate surface area is 300 Å². The van der Waals surface area contributed by atoms with E-state index in [1.165, 1.54) is 5.57 Å². The Balaban J connectivity index is 1.01. The van der Waals surface area contributed by atoms with Gasteiger partial charge in [0.25, 0.3) is 0 Å². The predicted molar refractivity (Wildman–Crippen MR) is 179 cm³/mol. The first-order valence-electron chi connectivity index (χ1n) is 19.4. The Morgan fingerprint density at radius 3 is 2.16 bits per heavy atom. The van der Waals surface area contributed by atoms with Crippen molar-refractivity contribution in [2.75, 3.05) is 6.61 Å². The Hall–Kier alpha value is -1.07. The van der Waals surface area contributed by atoms with E-state index in [4.69, 9.17) is 23.7 Å². The molecular formula is C38H60O13. The Morgan fingerprint density at radius 1 is 0.765 bits per heavy atom. The lowest BCUT2D eigenvalue weighted by Crippen LogP contribution is -2.60. The lowest BCUT2D eigenvalue weighted by atomic mass is 9.47. The quantitative estimate of drug-likeness (QED) is 0.198. The maximum Gasteiger partial charge on any atom is 0.189 e. The van der Waals surface area contributed by atoms with Crippen LogP contribution < -0.4 is 0 Å². The first kappa shape index (κ1) is 38.2. The Bertz CT molecular complexity index is 1290. The summed E-state index contributed by atoms with van der Waals surface area (Å²) in [6.45, 7) is 8.06. The molecule has 290 valence electrons. The van der Waals surface area contributed by atoms with Gasteiger partial charge in [0, 0.05) is 5.92 Å². The van der Waals surface area contributed by atoms with Crippen molar-refractivity contribution in [1.82, 2.24) is 0 Å². The highest BCUT2D eigenvalue weighted by Gasteiger charge is 2.61. The lowest BCUT2D eigenvalue weighted by molar-refractivity contribution is -0.344. The molecule has 7 N–H and O–H groups in total. The molecular weight excluding hydrogens is 664 g/mol. The molecule has 7 rings (SSSR count). The molecule has 7 aliphatic rings. The molecule has 3 saturated heterocycles. The second-order valence-corrected chi connectivity index (χ2v) is 17.4. The topological polar surface area (TPSA) is 205 Å². The van der Waals surface area contributed by atoms with Crippen molar-refractivity contribution in [2.24, 2.45) is 40.4 Å². The number of hydrogen-bond acceptors (Lipinski definition) is 13. The molecule has 0 spiro atoms. The first-order chi connectivity index (χ1) is 24.2. The fourth-order valence-corrected chi connectivity index (χ4v) is 11.6. The number of allylic oxidation sites excluding steroid dienone is 2. The molecule has 0 aromatic carbocycles. The minimum Gasteiger partial charge on any atom is -0.394 e. The van der Waals surface area contributed by atoms with Crippen LogP contribution in [0.4, 0.5) is 0 Å². The average molecular weight is 725 g/mol. The van der Waals surface area contributed by atoms with E-state index in [0.717, 1.165) is 44.9 Å². The van der Waals surface area contributed by atoms with Crippen molar-refractivity contribution in [2.45, 2.75) is 172 Å². The van der Waals surface area contributed by atoms with Crippen LogP contribution in [0.25, 0.3) is 0 Å². The van der Waals surface area contributed by atoms with Gasteiger partial charge in [0.05, 0.1) is 24.9 Å². The molecule has 3 saturated carbocycles. The largest absolute Gasteiger partial charge is 0.394 e. The summed E-state index contributed by atoms with van der Waals surface area (Å²) in [5.74, 6) is 1.13. The van der Waals surface area contributed by atoms with Crippen molar-refractivity contribution in [3.8, 4) is 0 Å². The van der Waals surface area contributed by atoms with Crippen LogP contribution >= 0.6 is 0 Å². The van der Waals surface area contributed by atoms with Crippen LogP contribution in [0, 0.1) is 40.4 Å². The fraction of sp³-hybridized carbons (Fsp3) is 0.921. The van der Waals surface area contributed by atoms with Crippen LogP contribution in [0.5, 0.6) is 0 Å². The van der Waals surface area contributed by atoms with Crippen molar-refractivity contribution >= 4 is 5.78 Å². The van der Waals surface area contributed by atoms with Gasteiger partial charge in [-0.15, -0.1) is 0 Å². The van der Waals surface area contributed by atoms with E-state index in [9.17, 15) is 40.5 Å². The summed E-state index contributed by atoms with van der Waals surface area (Å²) in [6, 6.07) is 0. The molecule has 3 aliphatic heterocycles. The van der Waals surface area contributed by atoms with E-state index < -0.39 is 74.3 Å². The van der Waals surface area contributed by atoms with Crippen LogP contribution in [0.3, 0.4) is 0 Å². The number of aliphatic hydroxyl groups is 7. The van der Waals surface area contributed by atoms with Crippen LogP contribution in [-0.2, 0) is 28.5 Å². The van der Waals surface area contributed by atoms with Crippen LogP contribution in [0.1, 0.15) is 91.9 Å². The number of fused-ring (bicyclic) bond motifs is 5. The molecule has 0 radical (unpaired) electrons. The highest BCUT2D eigenvalue weighted by atomic mass is 16.8. The van der Waals surface area contributed by atoms with E-state index in [2.05, 4.69) is 20.8 Å². The van der Waals surface area contributed by atoms with E-state index in [1.54, 1.807) is 6.92 Å². The van der Waals surface area contributed by atoms with Crippen LogP contribution in [-0.4, -0.2) is 128 Å². The average Bonchev–Trinajstić information content (AvgIpc) is 3.47. The van der Waals surface area contributed by atoms with Gasteiger partial charge in [-0.1, -0.05) is 26.3 Å². The minimum atomic E-state index is -1.51. The highest BCUT2D eigenvalue weighted by molar-refractivity contribution is 5.94. The molecule has 13 nitrogen and oxygen atoms in total. The van der Waals surface area contributed by atoms with Gasteiger partial charge in [-0.3, -0.25) is 4.79 Å². The summed E-state index contributed by atoms with van der Waals surface area (Å²) in [5, 5.41) is 71.4. The second kappa shape index (κ2) is 14.5. The van der Waals surface area contributed by atoms with Crippen molar-refractivity contribution in [3.63, 3.8) is 0 Å². The number of ketones is 1. The van der Waals surface area contributed by atoms with Gasteiger partial charge in [0.2, 0.25) is 0 Å². The summed E-state index contributed by atoms with van der Waals surface area (Å²) in [6.07, 6.45) is -2.91. The van der Waals surface area contributed by atoms with Gasteiger partial charge in [-0.25, -0.2) is 0 Å². The van der Waals surface area contributed by atoms with Gasteiger partial charge >= 0.3 is 0 Å². The summed E-state index contributed by atoms with van der Waals surface area (Å²) >= 11 is 0. The molecule has 0 amide bonds. The van der Waals surface area contributed by atoms with Crippen molar-refractivity contribution in [1.29, 1.82) is 0 Å². The van der Waals surface area contributed by atoms with Crippen LogP contribution in [0.2, 0.25) is 0 Å². The third-order valence-corrected chi connectivity index (χ3v) is 14.7. The lowest BCUT2D eigenvalue weighted by Gasteiger charge is -2.57. The third-order valence-electron chi connectivity index (χ3n) is 14.7. The molecule has 8 unspecified atom stereocenters. The molecule has 13 heteroatoms. The molecule has 20 atom stereocenters. The van der Waals surface area contributed by atoms with Gasteiger partial charge in [0.15, 0.2) is 24.7 Å². The number of carbonyl (C=O) groups excluding carboxylic acids is 1. The van der Waals surface area contributed by atoms with Gasteiger partial charge in [0.1, 0.15) is 42.7 Å². The monoisotopic (exact) mass is 724 g/mol. The molecule has 51 heavy (non-hydrogen) atoms. The van der Waals surface area contributed by atoms with E-state index >= 15 is 0 Å². The Kier molecular flexibility index (Phi) is 10.9. The maximum atomic E-state index is 14.0. The zero-order valence-electron chi connectivity index (χ0n) is 30.3. The smallest absolute Gasteiger partial charge is 0.189 e. The van der Waals surface area contributed by atoms with Crippen molar-refractivity contribution < 1.29 is 64.2 Å². The normalized spacial score (nSPS) is 53.8. The molecule has 3 heterocycles. The second-order valence-electron chi connectivity index (χ2n) is 17.4. The van der Waals surface area contributed by atoms with E-state index in [0.29, 0.717) is 37.0 Å². The Morgan fingerprint density at radius 2 is 1.43 bits per heavy atom. The number of rotatable bonds is 7. The van der Waals surface area contributed by atoms with Gasteiger partial charge in [-0.05, 0) is 112 Å². The van der Waals surface area contributed by atoms with Crippen molar-refractivity contribution in [3.05, 3.63) is 11.6 Å². The maximum absolute atomic E-state index is 14.0.